The standard InChI is InChI=1S/C9H22N2S/c1-9(8-11(2)3)10-6-5-7-12-4/h9-10H,5-8H2,1-4H3. The van der Waals surface area contributed by atoms with Crippen LogP contribution < -0.4 is 5.32 Å². The van der Waals surface area contributed by atoms with Gasteiger partial charge in [0.2, 0.25) is 0 Å². The second kappa shape index (κ2) is 7.90. The quantitative estimate of drug-likeness (QED) is 0.609. The molecular formula is C9H22N2S. The number of thioether (sulfide) groups is 1. The van der Waals surface area contributed by atoms with Crippen LogP contribution in [-0.4, -0.2) is 50.1 Å². The smallest absolute Gasteiger partial charge is 0.0166 e. The molecular weight excluding hydrogens is 168 g/mol. The van der Waals surface area contributed by atoms with E-state index in [0.717, 1.165) is 13.1 Å². The third kappa shape index (κ3) is 8.37. The van der Waals surface area contributed by atoms with E-state index in [1.54, 1.807) is 0 Å². The molecule has 0 aromatic rings. The van der Waals surface area contributed by atoms with E-state index in [0.29, 0.717) is 6.04 Å². The molecule has 74 valence electrons. The molecule has 0 aromatic carbocycles. The number of likely N-dealkylation sites (N-methyl/N-ethyl adjacent to an activating group) is 1. The zero-order valence-electron chi connectivity index (χ0n) is 8.76. The Labute approximate surface area is 81.1 Å². The molecule has 12 heavy (non-hydrogen) atoms. The van der Waals surface area contributed by atoms with Crippen molar-refractivity contribution in [3.8, 4) is 0 Å². The molecule has 0 aliphatic carbocycles. The van der Waals surface area contributed by atoms with Crippen molar-refractivity contribution in [2.75, 3.05) is 39.2 Å². The Kier molecular flexibility index (Phi) is 8.07. The van der Waals surface area contributed by atoms with Crippen LogP contribution in [0.15, 0.2) is 0 Å². The summed E-state index contributed by atoms with van der Waals surface area (Å²) in [5.74, 6) is 1.27. The van der Waals surface area contributed by atoms with E-state index in [1.165, 1.54) is 12.2 Å². The molecule has 0 rings (SSSR count). The summed E-state index contributed by atoms with van der Waals surface area (Å²) in [5.41, 5.74) is 0. The Morgan fingerprint density at radius 3 is 2.58 bits per heavy atom. The maximum absolute atomic E-state index is 3.49. The lowest BCUT2D eigenvalue weighted by atomic mass is 10.3. The summed E-state index contributed by atoms with van der Waals surface area (Å²) in [4.78, 5) is 2.21. The van der Waals surface area contributed by atoms with Crippen molar-refractivity contribution >= 4 is 11.8 Å². The molecule has 1 atom stereocenters. The highest BCUT2D eigenvalue weighted by molar-refractivity contribution is 7.98. The minimum Gasteiger partial charge on any atom is -0.313 e. The van der Waals surface area contributed by atoms with Crippen molar-refractivity contribution < 1.29 is 0 Å². The SMILES string of the molecule is CSCCCNC(C)CN(C)C. The van der Waals surface area contributed by atoms with E-state index in [9.17, 15) is 0 Å². The van der Waals surface area contributed by atoms with Gasteiger partial charge < -0.3 is 10.2 Å². The Morgan fingerprint density at radius 1 is 1.42 bits per heavy atom. The summed E-state index contributed by atoms with van der Waals surface area (Å²) in [5, 5.41) is 3.49. The Bertz CT molecular complexity index is 96.5. The molecule has 0 heterocycles. The fourth-order valence-corrected chi connectivity index (χ4v) is 1.61. The van der Waals surface area contributed by atoms with Gasteiger partial charge in [-0.25, -0.2) is 0 Å². The molecule has 0 aromatic heterocycles. The van der Waals surface area contributed by atoms with Gasteiger partial charge in [0.15, 0.2) is 0 Å². The molecule has 0 aliphatic heterocycles. The van der Waals surface area contributed by atoms with Crippen LogP contribution in [0, 0.1) is 0 Å². The van der Waals surface area contributed by atoms with Gasteiger partial charge >= 0.3 is 0 Å². The van der Waals surface area contributed by atoms with Gasteiger partial charge in [0, 0.05) is 12.6 Å². The van der Waals surface area contributed by atoms with E-state index in [-0.39, 0.29) is 0 Å². The Balaban J connectivity index is 3.14. The topological polar surface area (TPSA) is 15.3 Å². The van der Waals surface area contributed by atoms with Crippen LogP contribution in [0.1, 0.15) is 13.3 Å². The molecule has 0 saturated carbocycles. The van der Waals surface area contributed by atoms with Crippen molar-refractivity contribution in [2.45, 2.75) is 19.4 Å². The maximum Gasteiger partial charge on any atom is 0.0166 e. The zero-order chi connectivity index (χ0) is 9.40. The first-order chi connectivity index (χ1) is 5.66. The second-order valence-corrected chi connectivity index (χ2v) is 4.45. The van der Waals surface area contributed by atoms with Crippen LogP contribution in [0.4, 0.5) is 0 Å². The lowest BCUT2D eigenvalue weighted by Crippen LogP contribution is -2.36. The summed E-state index contributed by atoms with van der Waals surface area (Å²) in [6, 6.07) is 0.613. The third-order valence-corrected chi connectivity index (χ3v) is 2.35. The summed E-state index contributed by atoms with van der Waals surface area (Å²) < 4.78 is 0. The van der Waals surface area contributed by atoms with Crippen LogP contribution in [0.2, 0.25) is 0 Å². The number of hydrogen-bond acceptors (Lipinski definition) is 3. The largest absolute Gasteiger partial charge is 0.313 e. The van der Waals surface area contributed by atoms with Gasteiger partial charge in [-0.05, 0) is 46.0 Å². The minimum absolute atomic E-state index is 0.613. The van der Waals surface area contributed by atoms with Gasteiger partial charge in [0.25, 0.3) is 0 Å². The fourth-order valence-electron chi connectivity index (χ4n) is 1.18. The third-order valence-electron chi connectivity index (χ3n) is 1.66. The molecule has 1 N–H and O–H groups in total. The minimum atomic E-state index is 0.613. The molecule has 2 nitrogen and oxygen atoms in total. The highest BCUT2D eigenvalue weighted by atomic mass is 32.2. The molecule has 0 aliphatic rings. The molecule has 0 amide bonds. The van der Waals surface area contributed by atoms with Gasteiger partial charge in [0.05, 0.1) is 0 Å². The first kappa shape index (κ1) is 12.3. The zero-order valence-corrected chi connectivity index (χ0v) is 9.58. The van der Waals surface area contributed by atoms with E-state index in [2.05, 4.69) is 37.5 Å². The van der Waals surface area contributed by atoms with Crippen molar-refractivity contribution in [3.63, 3.8) is 0 Å². The second-order valence-electron chi connectivity index (χ2n) is 3.46. The Hall–Kier alpha value is 0.270. The molecule has 0 bridgehead atoms. The molecule has 0 saturated heterocycles. The van der Waals surface area contributed by atoms with Crippen LogP contribution in [0.3, 0.4) is 0 Å². The normalized spacial score (nSPS) is 13.8. The fraction of sp³-hybridized carbons (Fsp3) is 1.00. The highest BCUT2D eigenvalue weighted by Gasteiger charge is 2.00. The average molecular weight is 190 g/mol. The Morgan fingerprint density at radius 2 is 2.08 bits per heavy atom. The van der Waals surface area contributed by atoms with Crippen LogP contribution in [0.5, 0.6) is 0 Å². The van der Waals surface area contributed by atoms with Crippen molar-refractivity contribution in [3.05, 3.63) is 0 Å². The van der Waals surface area contributed by atoms with Gasteiger partial charge in [-0.1, -0.05) is 0 Å². The monoisotopic (exact) mass is 190 g/mol. The number of hydrogen-bond donors (Lipinski definition) is 1. The van der Waals surface area contributed by atoms with E-state index < -0.39 is 0 Å². The molecule has 1 unspecified atom stereocenters. The van der Waals surface area contributed by atoms with Gasteiger partial charge in [0.1, 0.15) is 0 Å². The number of nitrogens with zero attached hydrogens (tertiary/aromatic N) is 1. The summed E-state index contributed by atoms with van der Waals surface area (Å²) in [6.07, 6.45) is 3.43. The lowest BCUT2D eigenvalue weighted by Gasteiger charge is -2.17. The van der Waals surface area contributed by atoms with E-state index in [4.69, 9.17) is 0 Å². The average Bonchev–Trinajstić information content (AvgIpc) is 1.97. The predicted octanol–water partition coefficient (Wildman–Crippen LogP) is 1.28. The van der Waals surface area contributed by atoms with Gasteiger partial charge in [-0.15, -0.1) is 0 Å². The van der Waals surface area contributed by atoms with Crippen molar-refractivity contribution in [2.24, 2.45) is 0 Å². The van der Waals surface area contributed by atoms with Crippen LogP contribution >= 0.6 is 11.8 Å². The van der Waals surface area contributed by atoms with E-state index >= 15 is 0 Å². The molecule has 0 spiro atoms. The van der Waals surface area contributed by atoms with Crippen LogP contribution in [0.25, 0.3) is 0 Å². The summed E-state index contributed by atoms with van der Waals surface area (Å²) in [7, 11) is 4.22. The predicted molar refractivity (Wildman–Crippen MR) is 59.0 cm³/mol. The maximum atomic E-state index is 3.49. The summed E-state index contributed by atoms with van der Waals surface area (Å²) >= 11 is 1.92. The number of nitrogens with one attached hydrogen (secondary N) is 1. The lowest BCUT2D eigenvalue weighted by molar-refractivity contribution is 0.350. The first-order valence-electron chi connectivity index (χ1n) is 4.54. The van der Waals surface area contributed by atoms with Crippen molar-refractivity contribution in [1.82, 2.24) is 10.2 Å². The van der Waals surface area contributed by atoms with E-state index in [1.807, 2.05) is 11.8 Å². The summed E-state index contributed by atoms with van der Waals surface area (Å²) in [6.45, 7) is 4.51. The van der Waals surface area contributed by atoms with Gasteiger partial charge in [-0.3, -0.25) is 0 Å². The van der Waals surface area contributed by atoms with Gasteiger partial charge in [-0.2, -0.15) is 11.8 Å². The first-order valence-corrected chi connectivity index (χ1v) is 5.93. The highest BCUT2D eigenvalue weighted by Crippen LogP contribution is 1.94. The number of rotatable bonds is 7. The van der Waals surface area contributed by atoms with Crippen molar-refractivity contribution in [1.29, 1.82) is 0 Å². The molecule has 0 radical (unpaired) electrons. The molecule has 3 heteroatoms. The molecule has 0 fully saturated rings. The van der Waals surface area contributed by atoms with Crippen LogP contribution in [-0.2, 0) is 0 Å².